The van der Waals surface area contributed by atoms with Gasteiger partial charge in [0.15, 0.2) is 0 Å². The summed E-state index contributed by atoms with van der Waals surface area (Å²) in [7, 11) is 0. The number of rotatable bonds is 15. The second-order valence-electron chi connectivity index (χ2n) is 5.10. The molecular weight excluding hydrogens is 344 g/mol. The summed E-state index contributed by atoms with van der Waals surface area (Å²) in [4.78, 5) is 44.5. The molecule has 0 aromatic heterocycles. The molecular formula is C18H26O8. The van der Waals surface area contributed by atoms with E-state index in [9.17, 15) is 19.2 Å². The lowest BCUT2D eigenvalue weighted by molar-refractivity contribution is -0.150. The fraction of sp³-hybridized carbons (Fsp3) is 0.556. The van der Waals surface area contributed by atoms with Gasteiger partial charge in [0.25, 0.3) is 0 Å². The first-order valence-corrected chi connectivity index (χ1v) is 8.39. The molecule has 146 valence electrons. The van der Waals surface area contributed by atoms with Gasteiger partial charge in [-0.1, -0.05) is 13.2 Å². The van der Waals surface area contributed by atoms with Crippen LogP contribution >= 0.6 is 0 Å². The van der Waals surface area contributed by atoms with Gasteiger partial charge in [0.2, 0.25) is 0 Å². The Kier molecular flexibility index (Phi) is 14.3. The van der Waals surface area contributed by atoms with Crippen LogP contribution in [0.1, 0.15) is 38.5 Å². The van der Waals surface area contributed by atoms with Crippen molar-refractivity contribution in [1.82, 2.24) is 0 Å². The van der Waals surface area contributed by atoms with Crippen molar-refractivity contribution >= 4 is 23.9 Å². The van der Waals surface area contributed by atoms with Crippen LogP contribution in [0.2, 0.25) is 0 Å². The van der Waals surface area contributed by atoms with Gasteiger partial charge in [-0.25, -0.2) is 9.59 Å². The summed E-state index contributed by atoms with van der Waals surface area (Å²) in [5.41, 5.74) is 0. The molecule has 0 spiro atoms. The summed E-state index contributed by atoms with van der Waals surface area (Å²) in [6, 6.07) is 0. The third-order valence-corrected chi connectivity index (χ3v) is 2.96. The van der Waals surface area contributed by atoms with Crippen molar-refractivity contribution in [2.75, 3.05) is 26.4 Å². The summed E-state index contributed by atoms with van der Waals surface area (Å²) < 4.78 is 19.4. The second kappa shape index (κ2) is 15.9. The molecule has 0 saturated heterocycles. The van der Waals surface area contributed by atoms with E-state index >= 15 is 0 Å². The molecule has 0 aliphatic carbocycles. The molecule has 0 rings (SSSR count). The minimum absolute atomic E-state index is 0.0543. The quantitative estimate of drug-likeness (QED) is 0.186. The number of hydrogen-bond donors (Lipinski definition) is 0. The topological polar surface area (TPSA) is 105 Å². The van der Waals surface area contributed by atoms with Crippen molar-refractivity contribution in [3.8, 4) is 0 Å². The highest BCUT2D eigenvalue weighted by atomic mass is 16.5. The molecule has 0 heterocycles. The SMILES string of the molecule is C=CC(=O)OCCCCOC(=O)CCC(=O)OCCCCOC(=O)C=C. The molecule has 0 unspecified atom stereocenters. The zero-order valence-corrected chi connectivity index (χ0v) is 14.9. The first kappa shape index (κ1) is 23.4. The van der Waals surface area contributed by atoms with Crippen molar-refractivity contribution in [1.29, 1.82) is 0 Å². The normalized spacial score (nSPS) is 9.69. The lowest BCUT2D eigenvalue weighted by atomic mass is 10.3. The molecule has 8 heteroatoms. The van der Waals surface area contributed by atoms with E-state index in [1.165, 1.54) is 0 Å². The molecule has 0 fully saturated rings. The van der Waals surface area contributed by atoms with Crippen LogP contribution in [-0.2, 0) is 38.1 Å². The third kappa shape index (κ3) is 14.9. The second-order valence-corrected chi connectivity index (χ2v) is 5.10. The van der Waals surface area contributed by atoms with Gasteiger partial charge in [0.1, 0.15) is 0 Å². The van der Waals surface area contributed by atoms with Gasteiger partial charge in [-0.2, -0.15) is 0 Å². The summed E-state index contributed by atoms with van der Waals surface area (Å²) >= 11 is 0. The third-order valence-electron chi connectivity index (χ3n) is 2.96. The molecule has 0 aromatic rings. The minimum atomic E-state index is -0.488. The molecule has 0 saturated carbocycles. The molecule has 0 aliphatic rings. The molecule has 8 nitrogen and oxygen atoms in total. The van der Waals surface area contributed by atoms with Crippen molar-refractivity contribution in [3.63, 3.8) is 0 Å². The Labute approximate surface area is 153 Å². The van der Waals surface area contributed by atoms with Gasteiger partial charge < -0.3 is 18.9 Å². The predicted molar refractivity (Wildman–Crippen MR) is 91.9 cm³/mol. The van der Waals surface area contributed by atoms with Gasteiger partial charge in [0, 0.05) is 12.2 Å². The summed E-state index contributed by atoms with van der Waals surface area (Å²) in [6.45, 7) is 7.41. The molecule has 0 aliphatic heterocycles. The average molecular weight is 370 g/mol. The number of ether oxygens (including phenoxy) is 4. The zero-order valence-electron chi connectivity index (χ0n) is 14.9. The highest BCUT2D eigenvalue weighted by Crippen LogP contribution is 2.00. The molecule has 0 radical (unpaired) electrons. The number of carbonyl (C=O) groups excluding carboxylic acids is 4. The van der Waals surface area contributed by atoms with E-state index in [-0.39, 0.29) is 39.3 Å². The molecule has 0 atom stereocenters. The first-order valence-electron chi connectivity index (χ1n) is 8.39. The van der Waals surface area contributed by atoms with Crippen molar-refractivity contribution in [2.45, 2.75) is 38.5 Å². The summed E-state index contributed by atoms with van der Waals surface area (Å²) in [5, 5.41) is 0. The summed E-state index contributed by atoms with van der Waals surface area (Å²) in [5.74, 6) is -1.95. The smallest absolute Gasteiger partial charge is 0.330 e. The molecule has 0 aromatic carbocycles. The Morgan fingerprint density at radius 3 is 1.19 bits per heavy atom. The van der Waals surface area contributed by atoms with Crippen molar-refractivity contribution in [3.05, 3.63) is 25.3 Å². The van der Waals surface area contributed by atoms with Gasteiger partial charge in [-0.15, -0.1) is 0 Å². The van der Waals surface area contributed by atoms with Crippen LogP contribution in [0.4, 0.5) is 0 Å². The van der Waals surface area contributed by atoms with Crippen molar-refractivity contribution in [2.24, 2.45) is 0 Å². The standard InChI is InChI=1S/C18H26O8/c1-3-15(19)23-11-5-7-13-25-17(21)9-10-18(22)26-14-8-6-12-24-16(20)4-2/h3-4H,1-2,5-14H2. The van der Waals surface area contributed by atoms with Gasteiger partial charge >= 0.3 is 23.9 Å². The number of hydrogen-bond acceptors (Lipinski definition) is 8. The van der Waals surface area contributed by atoms with Gasteiger partial charge in [-0.05, 0) is 25.7 Å². The molecule has 0 amide bonds. The van der Waals surface area contributed by atoms with Crippen LogP contribution in [-0.4, -0.2) is 50.3 Å². The van der Waals surface area contributed by atoms with Gasteiger partial charge in [-0.3, -0.25) is 9.59 Å². The van der Waals surface area contributed by atoms with E-state index in [4.69, 9.17) is 18.9 Å². The fourth-order valence-corrected chi connectivity index (χ4v) is 1.59. The van der Waals surface area contributed by atoms with E-state index in [1.807, 2.05) is 0 Å². The predicted octanol–water partition coefficient (Wildman–Crippen LogP) is 1.87. The molecule has 0 bridgehead atoms. The maximum atomic E-state index is 11.5. The summed E-state index contributed by atoms with van der Waals surface area (Å²) in [6.07, 6.45) is 4.29. The highest BCUT2D eigenvalue weighted by Gasteiger charge is 2.09. The first-order chi connectivity index (χ1) is 12.5. The van der Waals surface area contributed by atoms with E-state index in [1.54, 1.807) is 0 Å². The van der Waals surface area contributed by atoms with E-state index in [0.29, 0.717) is 25.7 Å². The maximum absolute atomic E-state index is 11.5. The highest BCUT2D eigenvalue weighted by molar-refractivity contribution is 5.81. The fourth-order valence-electron chi connectivity index (χ4n) is 1.59. The maximum Gasteiger partial charge on any atom is 0.330 e. The Bertz CT molecular complexity index is 440. The van der Waals surface area contributed by atoms with Crippen LogP contribution in [0.3, 0.4) is 0 Å². The van der Waals surface area contributed by atoms with Gasteiger partial charge in [0.05, 0.1) is 39.3 Å². The number of esters is 4. The largest absolute Gasteiger partial charge is 0.466 e. The monoisotopic (exact) mass is 370 g/mol. The Morgan fingerprint density at radius 1 is 0.577 bits per heavy atom. The lowest BCUT2D eigenvalue weighted by Crippen LogP contribution is -2.12. The van der Waals surface area contributed by atoms with Crippen LogP contribution in [0.25, 0.3) is 0 Å². The zero-order chi connectivity index (χ0) is 19.6. The lowest BCUT2D eigenvalue weighted by Gasteiger charge is -2.06. The molecule has 0 N–H and O–H groups in total. The Morgan fingerprint density at radius 2 is 0.885 bits per heavy atom. The van der Waals surface area contributed by atoms with Crippen LogP contribution in [0.15, 0.2) is 25.3 Å². The van der Waals surface area contributed by atoms with Crippen LogP contribution < -0.4 is 0 Å². The van der Waals surface area contributed by atoms with Crippen molar-refractivity contribution < 1.29 is 38.1 Å². The van der Waals surface area contributed by atoms with E-state index < -0.39 is 23.9 Å². The van der Waals surface area contributed by atoms with Crippen LogP contribution in [0.5, 0.6) is 0 Å². The Hall–Kier alpha value is -2.64. The minimum Gasteiger partial charge on any atom is -0.466 e. The molecule has 26 heavy (non-hydrogen) atoms. The number of unbranched alkanes of at least 4 members (excludes halogenated alkanes) is 2. The van der Waals surface area contributed by atoms with Crippen LogP contribution in [0, 0.1) is 0 Å². The Balaban J connectivity index is 3.48. The average Bonchev–Trinajstić information content (AvgIpc) is 2.64. The number of carbonyl (C=O) groups is 4. The van der Waals surface area contributed by atoms with E-state index in [2.05, 4.69) is 13.2 Å². The van der Waals surface area contributed by atoms with E-state index in [0.717, 1.165) is 12.2 Å².